The van der Waals surface area contributed by atoms with Crippen LogP contribution in [0, 0.1) is 0 Å². The zero-order valence-electron chi connectivity index (χ0n) is 27.7. The molecule has 8 rings (SSSR count). The smallest absolute Gasteiger partial charge is 0.0540 e. The second-order valence-electron chi connectivity index (χ2n) is 12.6. The minimum Gasteiger partial charge on any atom is -0.345 e. The molecule has 0 bridgehead atoms. The van der Waals surface area contributed by atoms with Crippen molar-refractivity contribution in [2.45, 2.75) is 12.8 Å². The maximum atomic E-state index is 2.39. The van der Waals surface area contributed by atoms with E-state index in [9.17, 15) is 0 Å². The summed E-state index contributed by atoms with van der Waals surface area (Å²) >= 11 is 0. The molecular weight excluding hydrogens is 593 g/mol. The van der Waals surface area contributed by atoms with E-state index in [1.54, 1.807) is 0 Å². The fraction of sp³-hybridized carbons (Fsp3) is 0.0638. The molecule has 0 saturated carbocycles. The topological polar surface area (TPSA) is 6.48 Å². The van der Waals surface area contributed by atoms with E-state index in [1.807, 2.05) is 0 Å². The molecule has 0 spiro atoms. The van der Waals surface area contributed by atoms with Gasteiger partial charge in [0, 0.05) is 35.2 Å². The van der Waals surface area contributed by atoms with E-state index >= 15 is 0 Å². The molecular formula is C47H38N2. The molecule has 1 aliphatic rings. The lowest BCUT2D eigenvalue weighted by molar-refractivity contribution is 1.04. The van der Waals surface area contributed by atoms with Crippen molar-refractivity contribution in [3.05, 3.63) is 194 Å². The first-order valence-corrected chi connectivity index (χ1v) is 17.1. The van der Waals surface area contributed by atoms with Gasteiger partial charge in [0.15, 0.2) is 0 Å². The van der Waals surface area contributed by atoms with Gasteiger partial charge in [-0.25, -0.2) is 0 Å². The molecule has 7 aromatic rings. The second-order valence-corrected chi connectivity index (χ2v) is 12.6. The lowest BCUT2D eigenvalue weighted by atomic mass is 9.98. The molecule has 2 nitrogen and oxygen atoms in total. The quantitative estimate of drug-likeness (QED) is 0.165. The van der Waals surface area contributed by atoms with Crippen molar-refractivity contribution in [1.29, 1.82) is 0 Å². The van der Waals surface area contributed by atoms with Crippen molar-refractivity contribution in [1.82, 2.24) is 0 Å². The summed E-state index contributed by atoms with van der Waals surface area (Å²) in [7, 11) is 2.12. The van der Waals surface area contributed by atoms with Crippen molar-refractivity contribution in [3.8, 4) is 22.3 Å². The van der Waals surface area contributed by atoms with Gasteiger partial charge in [0.1, 0.15) is 0 Å². The Morgan fingerprint density at radius 1 is 0.429 bits per heavy atom. The fourth-order valence-corrected chi connectivity index (χ4v) is 6.82. The molecule has 2 heteroatoms. The fourth-order valence-electron chi connectivity index (χ4n) is 6.82. The Labute approximate surface area is 289 Å². The number of nitrogens with zero attached hydrogens (tertiary/aromatic N) is 2. The van der Waals surface area contributed by atoms with Crippen molar-refractivity contribution < 1.29 is 0 Å². The molecule has 0 atom stereocenters. The summed E-state index contributed by atoms with van der Waals surface area (Å²) in [5.74, 6) is 0. The molecule has 0 fully saturated rings. The molecule has 1 aliphatic carbocycles. The predicted molar refractivity (Wildman–Crippen MR) is 210 cm³/mol. The third-order valence-corrected chi connectivity index (χ3v) is 9.52. The molecule has 0 aromatic heterocycles. The molecule has 0 unspecified atom stereocenters. The summed E-state index contributed by atoms with van der Waals surface area (Å²) in [5, 5.41) is 2.46. The first kappa shape index (κ1) is 30.2. The van der Waals surface area contributed by atoms with Gasteiger partial charge in [-0.15, -0.1) is 0 Å². The van der Waals surface area contributed by atoms with Gasteiger partial charge in [0.2, 0.25) is 0 Å². The van der Waals surface area contributed by atoms with Crippen LogP contribution >= 0.6 is 0 Å². The number of hydrogen-bond acceptors (Lipinski definition) is 2. The van der Waals surface area contributed by atoms with E-state index in [-0.39, 0.29) is 0 Å². The Morgan fingerprint density at radius 2 is 0.980 bits per heavy atom. The van der Waals surface area contributed by atoms with Crippen molar-refractivity contribution >= 4 is 44.8 Å². The highest BCUT2D eigenvalue weighted by molar-refractivity contribution is 5.99. The maximum absolute atomic E-state index is 2.39. The summed E-state index contributed by atoms with van der Waals surface area (Å²) in [4.78, 5) is 4.63. The Balaban J connectivity index is 1.09. The minimum atomic E-state index is 1.09. The van der Waals surface area contributed by atoms with Crippen LogP contribution in [-0.4, -0.2) is 7.05 Å². The van der Waals surface area contributed by atoms with E-state index in [0.29, 0.717) is 0 Å². The van der Waals surface area contributed by atoms with Crippen LogP contribution in [0.25, 0.3) is 38.6 Å². The van der Waals surface area contributed by atoms with Crippen LogP contribution in [0.2, 0.25) is 0 Å². The van der Waals surface area contributed by atoms with Gasteiger partial charge in [-0.2, -0.15) is 0 Å². The Bertz CT molecular complexity index is 2260. The largest absolute Gasteiger partial charge is 0.345 e. The molecule has 236 valence electrons. The first-order valence-electron chi connectivity index (χ1n) is 17.1. The summed E-state index contributed by atoms with van der Waals surface area (Å²) in [6.45, 7) is 0. The molecule has 0 amide bonds. The normalized spacial score (nSPS) is 12.5. The van der Waals surface area contributed by atoms with Crippen LogP contribution in [0.5, 0.6) is 0 Å². The Hall–Kier alpha value is -6.12. The van der Waals surface area contributed by atoms with Gasteiger partial charge in [-0.05, 0) is 106 Å². The molecule has 0 saturated heterocycles. The average molecular weight is 631 g/mol. The Kier molecular flexibility index (Phi) is 8.36. The number of hydrogen-bond donors (Lipinski definition) is 0. The van der Waals surface area contributed by atoms with Crippen molar-refractivity contribution in [3.63, 3.8) is 0 Å². The first-order chi connectivity index (χ1) is 24.2. The Morgan fingerprint density at radius 3 is 1.63 bits per heavy atom. The highest BCUT2D eigenvalue weighted by Crippen LogP contribution is 2.40. The van der Waals surface area contributed by atoms with Crippen LogP contribution in [-0.2, 0) is 0 Å². The van der Waals surface area contributed by atoms with E-state index < -0.39 is 0 Å². The number of allylic oxidation sites excluding steroid dienone is 4. The zero-order valence-corrected chi connectivity index (χ0v) is 27.7. The number of rotatable bonds is 8. The zero-order chi connectivity index (χ0) is 33.0. The summed E-state index contributed by atoms with van der Waals surface area (Å²) in [5.41, 5.74) is 13.1. The molecule has 49 heavy (non-hydrogen) atoms. The number of anilines is 5. The molecule has 0 heterocycles. The molecule has 0 N–H and O–H groups in total. The van der Waals surface area contributed by atoms with Crippen LogP contribution in [0.15, 0.2) is 188 Å². The highest BCUT2D eigenvalue weighted by atomic mass is 15.1. The van der Waals surface area contributed by atoms with E-state index in [1.165, 1.54) is 49.9 Å². The number of fused-ring (bicyclic) bond motifs is 1. The van der Waals surface area contributed by atoms with Crippen LogP contribution < -0.4 is 9.80 Å². The lowest BCUT2D eigenvalue weighted by Crippen LogP contribution is -2.10. The predicted octanol–water partition coefficient (Wildman–Crippen LogP) is 13.1. The van der Waals surface area contributed by atoms with Gasteiger partial charge in [-0.1, -0.05) is 133 Å². The van der Waals surface area contributed by atoms with Gasteiger partial charge in [-0.3, -0.25) is 0 Å². The standard InChI is InChI=1S/C47H38N2/c1-48(42-28-22-37(23-29-42)35-12-4-2-5-13-35)43-30-24-38(25-31-43)39-26-32-44(33-27-39)49(47-21-11-17-40-16-8-9-20-46(40)47)45-19-10-18-41(34-45)36-14-6-3-7-15-36/h2,4-6,8-34H,3,7H2,1H3. The van der Waals surface area contributed by atoms with E-state index in [0.717, 1.165) is 35.6 Å². The summed E-state index contributed by atoms with van der Waals surface area (Å²) < 4.78 is 0. The van der Waals surface area contributed by atoms with Crippen LogP contribution in [0.3, 0.4) is 0 Å². The average Bonchev–Trinajstić information content (AvgIpc) is 3.19. The van der Waals surface area contributed by atoms with E-state index in [4.69, 9.17) is 0 Å². The van der Waals surface area contributed by atoms with Crippen LogP contribution in [0.4, 0.5) is 28.4 Å². The van der Waals surface area contributed by atoms with Crippen molar-refractivity contribution in [2.75, 3.05) is 16.8 Å². The van der Waals surface area contributed by atoms with Gasteiger partial charge in [0.05, 0.1) is 5.69 Å². The van der Waals surface area contributed by atoms with Gasteiger partial charge < -0.3 is 9.80 Å². The molecule has 0 radical (unpaired) electrons. The summed E-state index contributed by atoms with van der Waals surface area (Å²) in [6.07, 6.45) is 9.08. The SMILES string of the molecule is CN(c1ccc(-c2ccccc2)cc1)c1ccc(-c2ccc(N(c3cccc(C4=CCCC=C4)c3)c3cccc4ccccc34)cc2)cc1. The maximum Gasteiger partial charge on any atom is 0.0540 e. The third kappa shape index (κ3) is 6.29. The van der Waals surface area contributed by atoms with Gasteiger partial charge >= 0.3 is 0 Å². The van der Waals surface area contributed by atoms with Crippen LogP contribution in [0.1, 0.15) is 18.4 Å². The number of benzene rings is 7. The van der Waals surface area contributed by atoms with Gasteiger partial charge in [0.25, 0.3) is 0 Å². The summed E-state index contributed by atoms with van der Waals surface area (Å²) in [6, 6.07) is 61.3. The highest BCUT2D eigenvalue weighted by Gasteiger charge is 2.17. The van der Waals surface area contributed by atoms with Crippen molar-refractivity contribution in [2.24, 2.45) is 0 Å². The third-order valence-electron chi connectivity index (χ3n) is 9.52. The second kappa shape index (κ2) is 13.5. The molecule has 0 aliphatic heterocycles. The minimum absolute atomic E-state index is 1.09. The lowest BCUT2D eigenvalue weighted by Gasteiger charge is -2.27. The monoisotopic (exact) mass is 630 g/mol. The molecule has 7 aromatic carbocycles. The van der Waals surface area contributed by atoms with E-state index in [2.05, 4.69) is 205 Å².